The molecule has 2 aromatic carbocycles. The Bertz CT molecular complexity index is 816. The standard InChI is InChI=1S/C24H30O2/c1-7-23(3,4)17-14-18-20(16-12-10-9-11-13-16)22(25)26-21(18)19(15-17)24(5,6)8-2/h9-15,20H,7-8H2,1-6H3. The van der Waals surface area contributed by atoms with Crippen LogP contribution < -0.4 is 4.74 Å². The molecule has 2 heteroatoms. The van der Waals surface area contributed by atoms with Crippen LogP contribution in [0.1, 0.15) is 82.6 Å². The minimum absolute atomic E-state index is 0.0459. The maximum Gasteiger partial charge on any atom is 0.323 e. The van der Waals surface area contributed by atoms with Gasteiger partial charge in [-0.2, -0.15) is 0 Å². The molecule has 0 radical (unpaired) electrons. The van der Waals surface area contributed by atoms with Gasteiger partial charge in [0.25, 0.3) is 0 Å². The van der Waals surface area contributed by atoms with Gasteiger partial charge in [-0.3, -0.25) is 4.79 Å². The van der Waals surface area contributed by atoms with Gasteiger partial charge in [-0.15, -0.1) is 0 Å². The monoisotopic (exact) mass is 350 g/mol. The maximum absolute atomic E-state index is 12.8. The highest BCUT2D eigenvalue weighted by Gasteiger charge is 2.40. The molecule has 1 aliphatic rings. The summed E-state index contributed by atoms with van der Waals surface area (Å²) < 4.78 is 5.86. The molecule has 26 heavy (non-hydrogen) atoms. The fourth-order valence-electron chi connectivity index (χ4n) is 3.52. The molecule has 3 rings (SSSR count). The molecule has 138 valence electrons. The predicted octanol–water partition coefficient (Wildman–Crippen LogP) is 6.11. The third-order valence-electron chi connectivity index (χ3n) is 6.28. The van der Waals surface area contributed by atoms with E-state index in [1.807, 2.05) is 30.3 Å². The van der Waals surface area contributed by atoms with Crippen molar-refractivity contribution in [1.29, 1.82) is 0 Å². The molecule has 0 saturated heterocycles. The number of fused-ring (bicyclic) bond motifs is 1. The zero-order chi connectivity index (χ0) is 19.1. The van der Waals surface area contributed by atoms with E-state index in [9.17, 15) is 4.79 Å². The average molecular weight is 351 g/mol. The van der Waals surface area contributed by atoms with Crippen molar-refractivity contribution in [3.63, 3.8) is 0 Å². The molecule has 0 saturated carbocycles. The number of carbonyl (C=O) groups is 1. The Balaban J connectivity index is 2.27. The number of ether oxygens (including phenoxy) is 1. The predicted molar refractivity (Wildman–Crippen MR) is 107 cm³/mol. The molecule has 1 unspecified atom stereocenters. The first kappa shape index (κ1) is 18.7. The van der Waals surface area contributed by atoms with Gasteiger partial charge in [0.1, 0.15) is 11.7 Å². The van der Waals surface area contributed by atoms with Gasteiger partial charge in [0.15, 0.2) is 0 Å². The molecule has 0 aliphatic carbocycles. The Morgan fingerprint density at radius 1 is 0.923 bits per heavy atom. The van der Waals surface area contributed by atoms with Crippen LogP contribution in [-0.2, 0) is 15.6 Å². The van der Waals surface area contributed by atoms with E-state index < -0.39 is 0 Å². The lowest BCUT2D eigenvalue weighted by atomic mass is 9.74. The van der Waals surface area contributed by atoms with Gasteiger partial charge >= 0.3 is 5.97 Å². The maximum atomic E-state index is 12.8. The molecule has 0 bridgehead atoms. The number of benzene rings is 2. The van der Waals surface area contributed by atoms with Gasteiger partial charge in [-0.1, -0.05) is 84.0 Å². The molecule has 1 heterocycles. The number of esters is 1. The summed E-state index contributed by atoms with van der Waals surface area (Å²) in [4.78, 5) is 12.8. The SMILES string of the molecule is CCC(C)(C)c1cc2c(c(C(C)(C)CC)c1)OC(=O)C2c1ccccc1. The van der Waals surface area contributed by atoms with Gasteiger partial charge in [0, 0.05) is 11.1 Å². The summed E-state index contributed by atoms with van der Waals surface area (Å²) in [7, 11) is 0. The zero-order valence-corrected chi connectivity index (χ0v) is 16.8. The van der Waals surface area contributed by atoms with Gasteiger partial charge in [-0.25, -0.2) is 0 Å². The summed E-state index contributed by atoms with van der Waals surface area (Å²) >= 11 is 0. The summed E-state index contributed by atoms with van der Waals surface area (Å²) in [5.41, 5.74) is 4.48. The van der Waals surface area contributed by atoms with Crippen molar-refractivity contribution in [3.8, 4) is 5.75 Å². The van der Waals surface area contributed by atoms with E-state index in [0.29, 0.717) is 0 Å². The Hall–Kier alpha value is -2.09. The lowest BCUT2D eigenvalue weighted by Gasteiger charge is -2.30. The zero-order valence-electron chi connectivity index (χ0n) is 16.8. The van der Waals surface area contributed by atoms with Crippen molar-refractivity contribution in [2.24, 2.45) is 0 Å². The van der Waals surface area contributed by atoms with Crippen molar-refractivity contribution in [3.05, 3.63) is 64.7 Å². The van der Waals surface area contributed by atoms with E-state index >= 15 is 0 Å². The molecular formula is C24H30O2. The minimum Gasteiger partial charge on any atom is -0.425 e. The van der Waals surface area contributed by atoms with Crippen molar-refractivity contribution in [1.82, 2.24) is 0 Å². The second-order valence-electron chi connectivity index (χ2n) is 8.68. The first-order valence-electron chi connectivity index (χ1n) is 9.67. The summed E-state index contributed by atoms with van der Waals surface area (Å²) in [6, 6.07) is 14.5. The lowest BCUT2D eigenvalue weighted by molar-refractivity contribution is -0.133. The Morgan fingerprint density at radius 2 is 1.54 bits per heavy atom. The van der Waals surface area contributed by atoms with Crippen LogP contribution in [0, 0.1) is 0 Å². The number of hydrogen-bond acceptors (Lipinski definition) is 2. The molecule has 2 aromatic rings. The normalized spacial score (nSPS) is 17.2. The van der Waals surface area contributed by atoms with Gasteiger partial charge in [-0.05, 0) is 34.8 Å². The van der Waals surface area contributed by atoms with E-state index in [1.54, 1.807) is 0 Å². The number of hydrogen-bond donors (Lipinski definition) is 0. The van der Waals surface area contributed by atoms with Crippen LogP contribution in [0.2, 0.25) is 0 Å². The van der Waals surface area contributed by atoms with E-state index in [-0.39, 0.29) is 22.7 Å². The first-order valence-corrected chi connectivity index (χ1v) is 9.67. The highest BCUT2D eigenvalue weighted by molar-refractivity contribution is 5.90. The molecule has 0 aromatic heterocycles. The average Bonchev–Trinajstić information content (AvgIpc) is 2.97. The van der Waals surface area contributed by atoms with Crippen LogP contribution in [-0.4, -0.2) is 5.97 Å². The first-order chi connectivity index (χ1) is 12.2. The fraction of sp³-hybridized carbons (Fsp3) is 0.458. The van der Waals surface area contributed by atoms with E-state index in [0.717, 1.165) is 35.3 Å². The summed E-state index contributed by atoms with van der Waals surface area (Å²) in [5, 5.41) is 0. The largest absolute Gasteiger partial charge is 0.425 e. The molecule has 0 spiro atoms. The number of rotatable bonds is 5. The summed E-state index contributed by atoms with van der Waals surface area (Å²) in [5.74, 6) is 0.294. The van der Waals surface area contributed by atoms with E-state index in [4.69, 9.17) is 4.74 Å². The second-order valence-corrected chi connectivity index (χ2v) is 8.68. The quantitative estimate of drug-likeness (QED) is 0.480. The number of carbonyl (C=O) groups excluding carboxylic acids is 1. The molecule has 0 N–H and O–H groups in total. The van der Waals surface area contributed by atoms with Crippen LogP contribution in [0.15, 0.2) is 42.5 Å². The van der Waals surface area contributed by atoms with Gasteiger partial charge in [0.05, 0.1) is 0 Å². The highest BCUT2D eigenvalue weighted by Crippen LogP contribution is 2.48. The van der Waals surface area contributed by atoms with Gasteiger partial charge in [0.2, 0.25) is 0 Å². The fourth-order valence-corrected chi connectivity index (χ4v) is 3.52. The molecule has 2 nitrogen and oxygen atoms in total. The summed E-state index contributed by atoms with van der Waals surface area (Å²) in [6.07, 6.45) is 2.03. The van der Waals surface area contributed by atoms with E-state index in [1.165, 1.54) is 5.56 Å². The third-order valence-corrected chi connectivity index (χ3v) is 6.28. The van der Waals surface area contributed by atoms with Crippen LogP contribution in [0.5, 0.6) is 5.75 Å². The van der Waals surface area contributed by atoms with Crippen LogP contribution in [0.4, 0.5) is 0 Å². The molecule has 0 fully saturated rings. The van der Waals surface area contributed by atoms with E-state index in [2.05, 4.69) is 53.7 Å². The molecule has 1 aliphatic heterocycles. The molecule has 1 atom stereocenters. The highest BCUT2D eigenvalue weighted by atomic mass is 16.5. The molecule has 0 amide bonds. The second kappa shape index (κ2) is 6.57. The Labute approximate surface area is 157 Å². The van der Waals surface area contributed by atoms with Crippen LogP contribution in [0.3, 0.4) is 0 Å². The summed E-state index contributed by atoms with van der Waals surface area (Å²) in [6.45, 7) is 13.4. The smallest absolute Gasteiger partial charge is 0.323 e. The van der Waals surface area contributed by atoms with Crippen LogP contribution in [0.25, 0.3) is 0 Å². The van der Waals surface area contributed by atoms with Crippen molar-refractivity contribution < 1.29 is 9.53 Å². The topological polar surface area (TPSA) is 26.3 Å². The van der Waals surface area contributed by atoms with Gasteiger partial charge < -0.3 is 4.74 Å². The third kappa shape index (κ3) is 3.06. The van der Waals surface area contributed by atoms with Crippen molar-refractivity contribution in [2.45, 2.75) is 71.1 Å². The van der Waals surface area contributed by atoms with Crippen LogP contribution >= 0.6 is 0 Å². The molecular weight excluding hydrogens is 320 g/mol. The van der Waals surface area contributed by atoms with Crippen molar-refractivity contribution in [2.75, 3.05) is 0 Å². The Morgan fingerprint density at radius 3 is 2.12 bits per heavy atom. The van der Waals surface area contributed by atoms with Crippen molar-refractivity contribution >= 4 is 5.97 Å². The lowest BCUT2D eigenvalue weighted by Crippen LogP contribution is -2.21. The Kier molecular flexibility index (Phi) is 4.72. The minimum atomic E-state index is -0.329.